The third kappa shape index (κ3) is 5.72. The van der Waals surface area contributed by atoms with Crippen molar-refractivity contribution < 1.29 is 14.3 Å². The van der Waals surface area contributed by atoms with Crippen LogP contribution in [0.25, 0.3) is 20.4 Å². The van der Waals surface area contributed by atoms with E-state index >= 15 is 0 Å². The lowest BCUT2D eigenvalue weighted by molar-refractivity contribution is -0.118. The number of hydrogen-bond donors (Lipinski definition) is 2. The molecule has 0 aliphatic heterocycles. The number of likely N-dealkylation sites (N-methyl/N-ethyl adjacent to an activating group) is 2. The second-order valence-corrected chi connectivity index (χ2v) is 9.64. The largest absolute Gasteiger partial charge is 0.494 e. The molecular formula is C21H29ClN6O3S2. The predicted octanol–water partition coefficient (Wildman–Crippen LogP) is 4.13. The van der Waals surface area contributed by atoms with E-state index < -0.39 is 0 Å². The van der Waals surface area contributed by atoms with E-state index in [0.717, 1.165) is 35.6 Å². The molecule has 0 aliphatic rings. The first-order valence-corrected chi connectivity index (χ1v) is 12.9. The molecule has 0 atom stereocenters. The van der Waals surface area contributed by atoms with Crippen LogP contribution in [0.5, 0.6) is 5.75 Å². The van der Waals surface area contributed by atoms with Gasteiger partial charge in [-0.1, -0.05) is 62.0 Å². The van der Waals surface area contributed by atoms with Gasteiger partial charge in [-0.05, 0) is 26.2 Å². The van der Waals surface area contributed by atoms with Crippen LogP contribution in [0.15, 0.2) is 0 Å². The fourth-order valence-electron chi connectivity index (χ4n) is 3.37. The normalized spacial score (nSPS) is 11.6. The summed E-state index contributed by atoms with van der Waals surface area (Å²) in [7, 11) is 1.57. The third-order valence-corrected chi connectivity index (χ3v) is 7.60. The van der Waals surface area contributed by atoms with Crippen molar-refractivity contribution in [3.8, 4) is 5.75 Å². The molecule has 9 nitrogen and oxygen atoms in total. The van der Waals surface area contributed by atoms with Crippen LogP contribution in [0.1, 0.15) is 27.7 Å². The number of halogens is 1. The molecule has 0 unspecified atom stereocenters. The van der Waals surface area contributed by atoms with Gasteiger partial charge >= 0.3 is 0 Å². The molecule has 0 spiro atoms. The number of ether oxygens (including phenoxy) is 1. The highest BCUT2D eigenvalue weighted by molar-refractivity contribution is 7.25. The van der Waals surface area contributed by atoms with Crippen LogP contribution in [-0.4, -0.2) is 78.0 Å². The predicted molar refractivity (Wildman–Crippen MR) is 137 cm³/mol. The highest BCUT2D eigenvalue weighted by atomic mass is 35.5. The standard InChI is InChI=1S/C21H29ClN6O3S2/c1-6-27(7-2)10-12(29)23-20-25-15-14(22)16-19(17(31-5)18(15)32-20)33-21(26-16)24-13(30)11-28(8-3)9-4/h6-11H2,1-5H3,(H,23,25,29)(H,24,26,30). The first-order chi connectivity index (χ1) is 15.8. The number of amides is 2. The number of anilines is 2. The molecule has 0 aliphatic carbocycles. The van der Waals surface area contributed by atoms with Crippen LogP contribution >= 0.6 is 34.3 Å². The summed E-state index contributed by atoms with van der Waals surface area (Å²) in [5, 5.41) is 6.98. The monoisotopic (exact) mass is 512 g/mol. The topological polar surface area (TPSA) is 99.7 Å². The van der Waals surface area contributed by atoms with Crippen LogP contribution in [0.3, 0.4) is 0 Å². The van der Waals surface area contributed by atoms with Crippen molar-refractivity contribution in [2.75, 3.05) is 57.0 Å². The van der Waals surface area contributed by atoms with Gasteiger partial charge in [0.1, 0.15) is 20.4 Å². The second-order valence-electron chi connectivity index (χ2n) is 7.26. The van der Waals surface area contributed by atoms with Gasteiger partial charge in [0.25, 0.3) is 0 Å². The van der Waals surface area contributed by atoms with Crippen molar-refractivity contribution in [2.45, 2.75) is 27.7 Å². The summed E-state index contributed by atoms with van der Waals surface area (Å²) in [6.45, 7) is 11.8. The van der Waals surface area contributed by atoms with E-state index in [9.17, 15) is 9.59 Å². The van der Waals surface area contributed by atoms with Crippen molar-refractivity contribution in [1.29, 1.82) is 0 Å². The van der Waals surface area contributed by atoms with Crippen molar-refractivity contribution >= 4 is 76.8 Å². The van der Waals surface area contributed by atoms with Crippen molar-refractivity contribution in [2.24, 2.45) is 0 Å². The van der Waals surface area contributed by atoms with Crippen LogP contribution in [0.4, 0.5) is 10.3 Å². The first kappa shape index (κ1) is 25.6. The summed E-state index contributed by atoms with van der Waals surface area (Å²) in [4.78, 5) is 37.9. The second kappa shape index (κ2) is 11.4. The number of hydrogen-bond acceptors (Lipinski definition) is 9. The zero-order valence-electron chi connectivity index (χ0n) is 19.5. The molecule has 3 aromatic rings. The van der Waals surface area contributed by atoms with Crippen molar-refractivity contribution in [1.82, 2.24) is 19.8 Å². The maximum Gasteiger partial charge on any atom is 0.240 e. The summed E-state index contributed by atoms with van der Waals surface area (Å²) in [6.07, 6.45) is 0. The van der Waals surface area contributed by atoms with Gasteiger partial charge in [0.2, 0.25) is 11.8 Å². The molecular weight excluding hydrogens is 484 g/mol. The van der Waals surface area contributed by atoms with Crippen LogP contribution < -0.4 is 15.4 Å². The number of nitrogens with zero attached hydrogens (tertiary/aromatic N) is 4. The van der Waals surface area contributed by atoms with Gasteiger partial charge in [0.15, 0.2) is 16.0 Å². The highest BCUT2D eigenvalue weighted by Crippen LogP contribution is 2.47. The van der Waals surface area contributed by atoms with Gasteiger partial charge in [0, 0.05) is 0 Å². The average Bonchev–Trinajstić information content (AvgIpc) is 3.40. The molecule has 2 amide bonds. The molecule has 12 heteroatoms. The summed E-state index contributed by atoms with van der Waals surface area (Å²) in [6, 6.07) is 0. The van der Waals surface area contributed by atoms with Gasteiger partial charge in [-0.3, -0.25) is 19.4 Å². The molecule has 2 heterocycles. The van der Waals surface area contributed by atoms with E-state index in [1.807, 2.05) is 37.5 Å². The van der Waals surface area contributed by atoms with E-state index in [4.69, 9.17) is 16.3 Å². The Balaban J connectivity index is 1.90. The molecule has 0 fully saturated rings. The number of carbonyl (C=O) groups excluding carboxylic acids is 2. The number of nitrogens with one attached hydrogen (secondary N) is 2. The van der Waals surface area contributed by atoms with E-state index in [1.54, 1.807) is 7.11 Å². The van der Waals surface area contributed by atoms with Crippen LogP contribution in [-0.2, 0) is 9.59 Å². The van der Waals surface area contributed by atoms with Gasteiger partial charge < -0.3 is 15.4 Å². The number of methoxy groups -OCH3 is 1. The minimum atomic E-state index is -0.133. The SMILES string of the molecule is CCN(CC)CC(=O)Nc1nc2c(Cl)c3nc(NC(=O)CN(CC)CC)sc3c(OC)c2s1. The first-order valence-electron chi connectivity index (χ1n) is 10.9. The zero-order chi connectivity index (χ0) is 24.1. The van der Waals surface area contributed by atoms with Crippen molar-refractivity contribution in [3.63, 3.8) is 0 Å². The average molecular weight is 513 g/mol. The summed E-state index contributed by atoms with van der Waals surface area (Å²) < 4.78 is 7.11. The molecule has 1 aromatic carbocycles. The Labute approximate surface area is 206 Å². The number of rotatable bonds is 11. The summed E-state index contributed by atoms with van der Waals surface area (Å²) in [5.74, 6) is 0.310. The smallest absolute Gasteiger partial charge is 0.240 e. The van der Waals surface area contributed by atoms with Crippen molar-refractivity contribution in [3.05, 3.63) is 5.02 Å². The molecule has 0 saturated carbocycles. The number of aromatic nitrogens is 2. The molecule has 3 rings (SSSR count). The molecule has 0 bridgehead atoms. The Bertz CT molecular complexity index is 1060. The molecule has 33 heavy (non-hydrogen) atoms. The van der Waals surface area contributed by atoms with E-state index in [-0.39, 0.29) is 11.8 Å². The number of benzene rings is 1. The van der Waals surface area contributed by atoms with E-state index in [0.29, 0.717) is 45.2 Å². The molecule has 2 aromatic heterocycles. The van der Waals surface area contributed by atoms with Crippen LogP contribution in [0, 0.1) is 0 Å². The minimum Gasteiger partial charge on any atom is -0.494 e. The third-order valence-electron chi connectivity index (χ3n) is 5.30. The lowest BCUT2D eigenvalue weighted by Crippen LogP contribution is -2.32. The quantitative estimate of drug-likeness (QED) is 0.398. The Hall–Kier alpha value is -2.05. The maximum atomic E-state index is 12.4. The highest BCUT2D eigenvalue weighted by Gasteiger charge is 2.23. The van der Waals surface area contributed by atoms with Gasteiger partial charge in [-0.2, -0.15) is 0 Å². The molecule has 180 valence electrons. The number of thiazole rings is 2. The Morgan fingerprint density at radius 2 is 1.24 bits per heavy atom. The summed E-state index contributed by atoms with van der Waals surface area (Å²) in [5.41, 5.74) is 1.02. The minimum absolute atomic E-state index is 0.133. The molecule has 0 saturated heterocycles. The fourth-order valence-corrected chi connectivity index (χ4v) is 5.86. The Morgan fingerprint density at radius 3 is 1.58 bits per heavy atom. The Kier molecular flexibility index (Phi) is 8.82. The van der Waals surface area contributed by atoms with Gasteiger partial charge in [-0.25, -0.2) is 9.97 Å². The number of fused-ring (bicyclic) bond motifs is 2. The van der Waals surface area contributed by atoms with Crippen LogP contribution in [0.2, 0.25) is 5.02 Å². The lowest BCUT2D eigenvalue weighted by atomic mass is 10.3. The van der Waals surface area contributed by atoms with Gasteiger partial charge in [0.05, 0.1) is 25.2 Å². The Morgan fingerprint density at radius 1 is 0.848 bits per heavy atom. The zero-order valence-corrected chi connectivity index (χ0v) is 21.8. The fraction of sp³-hybridized carbons (Fsp3) is 0.524. The molecule has 0 radical (unpaired) electrons. The van der Waals surface area contributed by atoms with E-state index in [1.165, 1.54) is 22.7 Å². The summed E-state index contributed by atoms with van der Waals surface area (Å²) >= 11 is 9.25. The number of carbonyl (C=O) groups is 2. The van der Waals surface area contributed by atoms with Gasteiger partial charge in [-0.15, -0.1) is 0 Å². The maximum absolute atomic E-state index is 12.4. The lowest BCUT2D eigenvalue weighted by Gasteiger charge is -2.16. The molecule has 2 N–H and O–H groups in total. The van der Waals surface area contributed by atoms with E-state index in [2.05, 4.69) is 20.6 Å².